The Hall–Kier alpha value is -1.46. The molecule has 1 saturated heterocycles. The fourth-order valence-corrected chi connectivity index (χ4v) is 2.50. The summed E-state index contributed by atoms with van der Waals surface area (Å²) in [4.78, 5) is 14.3. The third-order valence-electron chi connectivity index (χ3n) is 3.26. The number of benzene rings is 1. The summed E-state index contributed by atoms with van der Waals surface area (Å²) >= 11 is 5.15. The minimum Gasteiger partial charge on any atom is -0.332 e. The van der Waals surface area contributed by atoms with Crippen LogP contribution in [0.25, 0.3) is 0 Å². The lowest BCUT2D eigenvalue weighted by molar-refractivity contribution is -0.125. The SMILES string of the molecule is CN1CCCC(C(=O)NC(=S)Nc2ccccc2)C1. The van der Waals surface area contributed by atoms with Crippen LogP contribution in [-0.4, -0.2) is 36.1 Å². The summed E-state index contributed by atoms with van der Waals surface area (Å²) in [7, 11) is 2.04. The molecule has 1 aromatic carbocycles. The molecule has 5 heteroatoms. The number of anilines is 1. The van der Waals surface area contributed by atoms with Crippen molar-refractivity contribution in [2.75, 3.05) is 25.5 Å². The van der Waals surface area contributed by atoms with E-state index in [1.54, 1.807) is 0 Å². The first-order valence-electron chi connectivity index (χ1n) is 6.50. The Morgan fingerprint density at radius 3 is 2.79 bits per heavy atom. The van der Waals surface area contributed by atoms with Gasteiger partial charge in [0.1, 0.15) is 0 Å². The zero-order valence-corrected chi connectivity index (χ0v) is 11.9. The molecule has 19 heavy (non-hydrogen) atoms. The van der Waals surface area contributed by atoms with Crippen molar-refractivity contribution in [2.24, 2.45) is 5.92 Å². The summed E-state index contributed by atoms with van der Waals surface area (Å²) in [6.45, 7) is 1.87. The molecular weight excluding hydrogens is 258 g/mol. The molecule has 1 atom stereocenters. The van der Waals surface area contributed by atoms with Gasteiger partial charge in [0.15, 0.2) is 5.11 Å². The van der Waals surface area contributed by atoms with Crippen LogP contribution in [0.2, 0.25) is 0 Å². The smallest absolute Gasteiger partial charge is 0.230 e. The zero-order valence-electron chi connectivity index (χ0n) is 11.1. The highest BCUT2D eigenvalue weighted by Crippen LogP contribution is 2.15. The fourth-order valence-electron chi connectivity index (χ4n) is 2.28. The van der Waals surface area contributed by atoms with Crippen LogP contribution in [0.15, 0.2) is 30.3 Å². The van der Waals surface area contributed by atoms with E-state index < -0.39 is 0 Å². The molecule has 4 nitrogen and oxygen atoms in total. The van der Waals surface area contributed by atoms with Gasteiger partial charge < -0.3 is 15.5 Å². The van der Waals surface area contributed by atoms with Crippen LogP contribution in [0.4, 0.5) is 5.69 Å². The quantitative estimate of drug-likeness (QED) is 0.810. The van der Waals surface area contributed by atoms with Gasteiger partial charge in [-0.3, -0.25) is 4.79 Å². The topological polar surface area (TPSA) is 44.4 Å². The van der Waals surface area contributed by atoms with E-state index >= 15 is 0 Å². The van der Waals surface area contributed by atoms with E-state index in [0.29, 0.717) is 5.11 Å². The summed E-state index contributed by atoms with van der Waals surface area (Å²) in [6, 6.07) is 9.59. The predicted octanol–water partition coefficient (Wildman–Crippen LogP) is 1.84. The van der Waals surface area contributed by atoms with Crippen LogP contribution < -0.4 is 10.6 Å². The van der Waals surface area contributed by atoms with Crippen LogP contribution in [0.5, 0.6) is 0 Å². The largest absolute Gasteiger partial charge is 0.332 e. The van der Waals surface area contributed by atoms with E-state index in [1.165, 1.54) is 0 Å². The Kier molecular flexibility index (Phi) is 4.87. The Balaban J connectivity index is 1.83. The lowest BCUT2D eigenvalue weighted by Crippen LogP contribution is -2.44. The molecule has 2 N–H and O–H groups in total. The normalized spacial score (nSPS) is 19.7. The number of nitrogens with zero attached hydrogens (tertiary/aromatic N) is 1. The molecule has 1 unspecified atom stereocenters. The highest BCUT2D eigenvalue weighted by Gasteiger charge is 2.24. The predicted molar refractivity (Wildman–Crippen MR) is 81.0 cm³/mol. The molecule has 1 fully saturated rings. The number of hydrogen-bond acceptors (Lipinski definition) is 3. The lowest BCUT2D eigenvalue weighted by Gasteiger charge is -2.28. The maximum Gasteiger partial charge on any atom is 0.230 e. The van der Waals surface area contributed by atoms with E-state index in [2.05, 4.69) is 15.5 Å². The highest BCUT2D eigenvalue weighted by atomic mass is 32.1. The van der Waals surface area contributed by atoms with Crippen molar-refractivity contribution >= 4 is 28.9 Å². The molecule has 2 rings (SSSR count). The van der Waals surface area contributed by atoms with Crippen molar-refractivity contribution in [3.8, 4) is 0 Å². The molecule has 0 radical (unpaired) electrons. The zero-order chi connectivity index (χ0) is 13.7. The fraction of sp³-hybridized carbons (Fsp3) is 0.429. The Morgan fingerprint density at radius 1 is 1.37 bits per heavy atom. The van der Waals surface area contributed by atoms with Gasteiger partial charge in [0, 0.05) is 12.2 Å². The van der Waals surface area contributed by atoms with E-state index in [1.807, 2.05) is 37.4 Å². The molecule has 1 aliphatic rings. The number of carbonyl (C=O) groups excluding carboxylic acids is 1. The molecule has 102 valence electrons. The van der Waals surface area contributed by atoms with Gasteiger partial charge in [-0.1, -0.05) is 18.2 Å². The first-order chi connectivity index (χ1) is 9.15. The van der Waals surface area contributed by atoms with Gasteiger partial charge in [0.2, 0.25) is 5.91 Å². The second-order valence-corrected chi connectivity index (χ2v) is 5.32. The number of piperidine rings is 1. The minimum atomic E-state index is 0.0139. The monoisotopic (exact) mass is 277 g/mol. The van der Waals surface area contributed by atoms with Crippen LogP contribution in [-0.2, 0) is 4.79 Å². The summed E-state index contributed by atoms with van der Waals surface area (Å²) in [5.41, 5.74) is 0.883. The van der Waals surface area contributed by atoms with Crippen molar-refractivity contribution in [1.29, 1.82) is 0 Å². The molecular formula is C14H19N3OS. The van der Waals surface area contributed by atoms with E-state index in [9.17, 15) is 4.79 Å². The molecule has 1 aromatic rings. The van der Waals surface area contributed by atoms with Crippen molar-refractivity contribution in [1.82, 2.24) is 10.2 Å². The number of para-hydroxylation sites is 1. The number of carbonyl (C=O) groups is 1. The molecule has 0 bridgehead atoms. The molecule has 1 amide bonds. The maximum absolute atomic E-state index is 12.1. The maximum atomic E-state index is 12.1. The van der Waals surface area contributed by atoms with E-state index in [-0.39, 0.29) is 11.8 Å². The highest BCUT2D eigenvalue weighted by molar-refractivity contribution is 7.80. The van der Waals surface area contributed by atoms with Crippen LogP contribution in [0.3, 0.4) is 0 Å². The van der Waals surface area contributed by atoms with Crippen molar-refractivity contribution in [3.63, 3.8) is 0 Å². The van der Waals surface area contributed by atoms with Crippen molar-refractivity contribution in [3.05, 3.63) is 30.3 Å². The van der Waals surface area contributed by atoms with Gasteiger partial charge in [-0.25, -0.2) is 0 Å². The first kappa shape index (κ1) is 14.0. The average Bonchev–Trinajstić information content (AvgIpc) is 2.39. The van der Waals surface area contributed by atoms with Gasteiger partial charge in [-0.05, 0) is 50.8 Å². The van der Waals surface area contributed by atoms with Crippen LogP contribution in [0, 0.1) is 5.92 Å². The van der Waals surface area contributed by atoms with Gasteiger partial charge in [-0.15, -0.1) is 0 Å². The molecule has 0 saturated carbocycles. The molecule has 0 spiro atoms. The number of thiocarbonyl (C=S) groups is 1. The Bertz CT molecular complexity index is 449. The Morgan fingerprint density at radius 2 is 2.11 bits per heavy atom. The summed E-state index contributed by atoms with van der Waals surface area (Å²) in [5, 5.41) is 6.15. The van der Waals surface area contributed by atoms with Crippen LogP contribution >= 0.6 is 12.2 Å². The summed E-state index contributed by atoms with van der Waals surface area (Å²) in [6.07, 6.45) is 2.00. The van der Waals surface area contributed by atoms with Crippen molar-refractivity contribution in [2.45, 2.75) is 12.8 Å². The second kappa shape index (κ2) is 6.63. The van der Waals surface area contributed by atoms with Gasteiger partial charge in [0.25, 0.3) is 0 Å². The third-order valence-corrected chi connectivity index (χ3v) is 3.47. The number of rotatable bonds is 2. The standard InChI is InChI=1S/C14H19N3OS/c1-17-9-5-6-11(10-17)13(18)16-14(19)15-12-7-3-2-4-8-12/h2-4,7-8,11H,5-6,9-10H2,1H3,(H2,15,16,18,19). The Labute approximate surface area is 119 Å². The first-order valence-corrected chi connectivity index (χ1v) is 6.91. The molecule has 1 aliphatic heterocycles. The second-order valence-electron chi connectivity index (χ2n) is 4.91. The van der Waals surface area contributed by atoms with E-state index in [0.717, 1.165) is 31.6 Å². The molecule has 1 heterocycles. The third kappa shape index (κ3) is 4.29. The number of likely N-dealkylation sites (tertiary alicyclic amines) is 1. The molecule has 0 aliphatic carbocycles. The average molecular weight is 277 g/mol. The van der Waals surface area contributed by atoms with Crippen LogP contribution in [0.1, 0.15) is 12.8 Å². The number of amides is 1. The molecule has 0 aromatic heterocycles. The van der Waals surface area contributed by atoms with Gasteiger partial charge >= 0.3 is 0 Å². The number of nitrogens with one attached hydrogen (secondary N) is 2. The van der Waals surface area contributed by atoms with Gasteiger partial charge in [0.05, 0.1) is 5.92 Å². The summed E-state index contributed by atoms with van der Waals surface area (Å²) < 4.78 is 0. The van der Waals surface area contributed by atoms with E-state index in [4.69, 9.17) is 12.2 Å². The lowest BCUT2D eigenvalue weighted by atomic mass is 9.98. The van der Waals surface area contributed by atoms with Gasteiger partial charge in [-0.2, -0.15) is 0 Å². The summed E-state index contributed by atoms with van der Waals surface area (Å²) in [5.74, 6) is 0.0502. The van der Waals surface area contributed by atoms with Crippen molar-refractivity contribution < 1.29 is 4.79 Å². The number of hydrogen-bond donors (Lipinski definition) is 2. The minimum absolute atomic E-state index is 0.0139.